The highest BCUT2D eigenvalue weighted by atomic mass is 16.6. The molecule has 1 aliphatic rings. The Bertz CT molecular complexity index is 190. The lowest BCUT2D eigenvalue weighted by Crippen LogP contribution is -2.07. The molecule has 0 radical (unpaired) electrons. The lowest BCUT2D eigenvalue weighted by atomic mass is 9.99. The summed E-state index contributed by atoms with van der Waals surface area (Å²) in [6.07, 6.45) is 16.0. The highest BCUT2D eigenvalue weighted by Crippen LogP contribution is 2.40. The third-order valence-corrected chi connectivity index (χ3v) is 4.28. The van der Waals surface area contributed by atoms with Gasteiger partial charge in [-0.2, -0.15) is 0 Å². The summed E-state index contributed by atoms with van der Waals surface area (Å²) in [4.78, 5) is 0. The smallest absolute Gasteiger partial charge is 0.0917 e. The van der Waals surface area contributed by atoms with Crippen molar-refractivity contribution in [3.8, 4) is 0 Å². The van der Waals surface area contributed by atoms with Crippen LogP contribution in [0.2, 0.25) is 0 Å². The van der Waals surface area contributed by atoms with Crippen molar-refractivity contribution in [2.75, 3.05) is 0 Å². The van der Waals surface area contributed by atoms with Gasteiger partial charge in [-0.15, -0.1) is 0 Å². The Morgan fingerprint density at radius 3 is 1.65 bits per heavy atom. The SMILES string of the molecule is CCCCCCCCCCCCC1(C)OC1C. The van der Waals surface area contributed by atoms with E-state index in [1.165, 1.54) is 70.6 Å². The van der Waals surface area contributed by atoms with Crippen LogP contribution in [-0.2, 0) is 4.74 Å². The van der Waals surface area contributed by atoms with Crippen molar-refractivity contribution in [1.82, 2.24) is 0 Å². The van der Waals surface area contributed by atoms with Crippen LogP contribution in [0.3, 0.4) is 0 Å². The van der Waals surface area contributed by atoms with E-state index in [1.807, 2.05) is 0 Å². The second-order valence-corrected chi connectivity index (χ2v) is 6.00. The average molecular weight is 240 g/mol. The van der Waals surface area contributed by atoms with Crippen LogP contribution in [0.4, 0.5) is 0 Å². The number of ether oxygens (including phenoxy) is 1. The Morgan fingerprint density at radius 1 is 0.824 bits per heavy atom. The summed E-state index contributed by atoms with van der Waals surface area (Å²) < 4.78 is 5.59. The molecule has 1 rings (SSSR count). The number of unbranched alkanes of at least 4 members (excludes halogenated alkanes) is 9. The molecule has 0 aliphatic carbocycles. The Hall–Kier alpha value is -0.0400. The van der Waals surface area contributed by atoms with Gasteiger partial charge in [0.1, 0.15) is 0 Å². The van der Waals surface area contributed by atoms with Crippen molar-refractivity contribution < 1.29 is 4.74 Å². The molecule has 1 fully saturated rings. The van der Waals surface area contributed by atoms with Gasteiger partial charge in [0.05, 0.1) is 11.7 Å². The zero-order valence-electron chi connectivity index (χ0n) is 12.3. The summed E-state index contributed by atoms with van der Waals surface area (Å²) in [6.45, 7) is 6.73. The summed E-state index contributed by atoms with van der Waals surface area (Å²) in [5.74, 6) is 0. The van der Waals surface area contributed by atoms with Crippen molar-refractivity contribution in [3.63, 3.8) is 0 Å². The molecule has 1 aliphatic heterocycles. The van der Waals surface area contributed by atoms with E-state index in [0.29, 0.717) is 6.10 Å². The molecule has 1 heteroatoms. The molecule has 17 heavy (non-hydrogen) atoms. The van der Waals surface area contributed by atoms with Crippen LogP contribution in [0, 0.1) is 0 Å². The van der Waals surface area contributed by atoms with E-state index in [9.17, 15) is 0 Å². The third-order valence-electron chi connectivity index (χ3n) is 4.28. The van der Waals surface area contributed by atoms with E-state index in [0.717, 1.165) is 0 Å². The van der Waals surface area contributed by atoms with Crippen molar-refractivity contribution in [1.29, 1.82) is 0 Å². The molecule has 0 aromatic carbocycles. The molecule has 2 unspecified atom stereocenters. The minimum Gasteiger partial charge on any atom is -0.367 e. The summed E-state index contributed by atoms with van der Waals surface area (Å²) in [7, 11) is 0. The largest absolute Gasteiger partial charge is 0.367 e. The van der Waals surface area contributed by atoms with Crippen molar-refractivity contribution >= 4 is 0 Å². The van der Waals surface area contributed by atoms with Gasteiger partial charge in [-0.05, 0) is 20.3 Å². The molecule has 0 spiro atoms. The highest BCUT2D eigenvalue weighted by Gasteiger charge is 2.47. The van der Waals surface area contributed by atoms with Gasteiger partial charge in [-0.1, -0.05) is 71.1 Å². The average Bonchev–Trinajstić information content (AvgIpc) is 2.90. The Morgan fingerprint density at radius 2 is 1.24 bits per heavy atom. The van der Waals surface area contributed by atoms with Gasteiger partial charge >= 0.3 is 0 Å². The van der Waals surface area contributed by atoms with Gasteiger partial charge in [-0.25, -0.2) is 0 Å². The molecule has 102 valence electrons. The van der Waals surface area contributed by atoms with Crippen molar-refractivity contribution in [2.45, 2.75) is 103 Å². The number of epoxide rings is 1. The Kier molecular flexibility index (Phi) is 7.18. The van der Waals surface area contributed by atoms with Crippen LogP contribution in [-0.4, -0.2) is 11.7 Å². The zero-order valence-corrected chi connectivity index (χ0v) is 12.3. The maximum atomic E-state index is 5.59. The lowest BCUT2D eigenvalue weighted by molar-refractivity contribution is 0.292. The first-order chi connectivity index (χ1) is 8.19. The van der Waals surface area contributed by atoms with Gasteiger partial charge in [0.15, 0.2) is 0 Å². The van der Waals surface area contributed by atoms with E-state index in [4.69, 9.17) is 4.74 Å². The van der Waals surface area contributed by atoms with E-state index >= 15 is 0 Å². The van der Waals surface area contributed by atoms with Gasteiger partial charge in [0, 0.05) is 0 Å². The maximum absolute atomic E-state index is 5.59. The summed E-state index contributed by atoms with van der Waals surface area (Å²) in [5, 5.41) is 0. The third kappa shape index (κ3) is 6.45. The molecule has 0 amide bonds. The highest BCUT2D eigenvalue weighted by molar-refractivity contribution is 4.95. The molecule has 0 aromatic heterocycles. The van der Waals surface area contributed by atoms with Crippen LogP contribution in [0.15, 0.2) is 0 Å². The standard InChI is InChI=1S/C16H32O/c1-4-5-6-7-8-9-10-11-12-13-14-16(3)15(2)17-16/h15H,4-14H2,1-3H3. The van der Waals surface area contributed by atoms with Crippen LogP contribution < -0.4 is 0 Å². The lowest BCUT2D eigenvalue weighted by Gasteiger charge is -2.05. The molecule has 0 bridgehead atoms. The first-order valence-electron chi connectivity index (χ1n) is 7.87. The second-order valence-electron chi connectivity index (χ2n) is 6.00. The molecule has 0 aromatic rings. The summed E-state index contributed by atoms with van der Waals surface area (Å²) in [6, 6.07) is 0. The summed E-state index contributed by atoms with van der Waals surface area (Å²) >= 11 is 0. The molecule has 1 nitrogen and oxygen atoms in total. The normalized spacial score (nSPS) is 27.4. The van der Waals surface area contributed by atoms with Gasteiger partial charge in [0.2, 0.25) is 0 Å². The zero-order chi connectivity index (χ0) is 12.6. The minimum absolute atomic E-state index is 0.250. The van der Waals surface area contributed by atoms with E-state index in [1.54, 1.807) is 0 Å². The van der Waals surface area contributed by atoms with E-state index in [-0.39, 0.29) is 5.60 Å². The topological polar surface area (TPSA) is 12.5 Å². The predicted molar refractivity (Wildman–Crippen MR) is 75.4 cm³/mol. The predicted octanol–water partition coefficient (Wildman–Crippen LogP) is 5.47. The monoisotopic (exact) mass is 240 g/mol. The van der Waals surface area contributed by atoms with E-state index < -0.39 is 0 Å². The fourth-order valence-electron chi connectivity index (χ4n) is 2.60. The van der Waals surface area contributed by atoms with Crippen molar-refractivity contribution in [3.05, 3.63) is 0 Å². The molecule has 2 atom stereocenters. The first kappa shape index (κ1) is 15.0. The van der Waals surface area contributed by atoms with Crippen LogP contribution >= 0.6 is 0 Å². The summed E-state index contributed by atoms with van der Waals surface area (Å²) in [5.41, 5.74) is 0.250. The maximum Gasteiger partial charge on any atom is 0.0917 e. The fourth-order valence-corrected chi connectivity index (χ4v) is 2.60. The fraction of sp³-hybridized carbons (Fsp3) is 1.00. The Balaban J connectivity index is 1.73. The van der Waals surface area contributed by atoms with Gasteiger partial charge in [0.25, 0.3) is 0 Å². The first-order valence-corrected chi connectivity index (χ1v) is 7.87. The molecular formula is C16H32O. The minimum atomic E-state index is 0.250. The number of hydrogen-bond acceptors (Lipinski definition) is 1. The molecule has 0 N–H and O–H groups in total. The quantitative estimate of drug-likeness (QED) is 0.344. The number of hydrogen-bond donors (Lipinski definition) is 0. The second kappa shape index (κ2) is 8.13. The molecule has 0 saturated carbocycles. The van der Waals surface area contributed by atoms with Crippen LogP contribution in [0.1, 0.15) is 91.4 Å². The van der Waals surface area contributed by atoms with Crippen LogP contribution in [0.25, 0.3) is 0 Å². The van der Waals surface area contributed by atoms with Crippen molar-refractivity contribution in [2.24, 2.45) is 0 Å². The number of rotatable bonds is 11. The van der Waals surface area contributed by atoms with Crippen LogP contribution in [0.5, 0.6) is 0 Å². The Labute approximate surface area is 108 Å². The molecule has 1 heterocycles. The molecular weight excluding hydrogens is 208 g/mol. The van der Waals surface area contributed by atoms with Gasteiger partial charge < -0.3 is 4.74 Å². The van der Waals surface area contributed by atoms with Gasteiger partial charge in [-0.3, -0.25) is 0 Å². The molecule has 1 saturated heterocycles. The van der Waals surface area contributed by atoms with E-state index in [2.05, 4.69) is 20.8 Å².